The highest BCUT2D eigenvalue weighted by atomic mass is 16.4. The van der Waals surface area contributed by atoms with Gasteiger partial charge in [-0.05, 0) is 42.5 Å². The van der Waals surface area contributed by atoms with Gasteiger partial charge < -0.3 is 14.8 Å². The molecule has 0 fully saturated rings. The first kappa shape index (κ1) is 14.6. The molecule has 1 aromatic heterocycles. The van der Waals surface area contributed by atoms with Gasteiger partial charge in [-0.15, -0.1) is 0 Å². The number of hydrogen-bond donors (Lipinski definition) is 2. The molecule has 2 aromatic rings. The summed E-state index contributed by atoms with van der Waals surface area (Å²) in [6, 6.07) is 9.60. The lowest BCUT2D eigenvalue weighted by Crippen LogP contribution is -2.07. The summed E-state index contributed by atoms with van der Waals surface area (Å²) in [5.41, 5.74) is 0.703. The molecule has 2 rings (SSSR count). The van der Waals surface area contributed by atoms with Gasteiger partial charge in [-0.2, -0.15) is 0 Å². The zero-order valence-corrected chi connectivity index (χ0v) is 11.5. The first-order valence-corrected chi connectivity index (χ1v) is 6.49. The number of hydrogen-bond acceptors (Lipinski definition) is 3. The number of carbonyl (C=O) groups is 2. The molecule has 21 heavy (non-hydrogen) atoms. The van der Waals surface area contributed by atoms with Crippen molar-refractivity contribution in [2.75, 3.05) is 5.32 Å². The minimum Gasteiger partial charge on any atom is -0.478 e. The third kappa shape index (κ3) is 4.07. The number of amides is 1. The maximum absolute atomic E-state index is 11.7. The minimum absolute atomic E-state index is 0.172. The Morgan fingerprint density at radius 3 is 2.48 bits per heavy atom. The Bertz CT molecular complexity index is 668. The molecule has 0 bridgehead atoms. The number of aromatic carboxylic acids is 1. The molecule has 108 valence electrons. The minimum atomic E-state index is -1.00. The number of furan rings is 1. The van der Waals surface area contributed by atoms with Crippen molar-refractivity contribution in [1.29, 1.82) is 0 Å². The van der Waals surface area contributed by atoms with Gasteiger partial charge >= 0.3 is 5.97 Å². The van der Waals surface area contributed by atoms with Crippen LogP contribution in [0.2, 0.25) is 0 Å². The summed E-state index contributed by atoms with van der Waals surface area (Å²) in [7, 11) is 0. The molecular formula is C16H15NO4. The molecule has 0 spiro atoms. The fourth-order valence-corrected chi connectivity index (χ4v) is 1.71. The summed E-state index contributed by atoms with van der Waals surface area (Å²) in [5.74, 6) is 0.160. The molecule has 1 aromatic carbocycles. The van der Waals surface area contributed by atoms with Crippen LogP contribution in [-0.4, -0.2) is 17.0 Å². The van der Waals surface area contributed by atoms with Crippen LogP contribution in [0, 0.1) is 0 Å². The van der Waals surface area contributed by atoms with Gasteiger partial charge in [-0.25, -0.2) is 4.79 Å². The average molecular weight is 285 g/mol. The number of anilines is 1. The molecule has 1 amide bonds. The van der Waals surface area contributed by atoms with Crippen molar-refractivity contribution in [3.05, 3.63) is 59.6 Å². The van der Waals surface area contributed by atoms with E-state index in [9.17, 15) is 9.59 Å². The van der Waals surface area contributed by atoms with E-state index < -0.39 is 5.97 Å². The van der Waals surface area contributed by atoms with Gasteiger partial charge in [0.05, 0.1) is 5.56 Å². The second-order valence-corrected chi connectivity index (χ2v) is 4.36. The molecule has 5 nitrogen and oxygen atoms in total. The van der Waals surface area contributed by atoms with Gasteiger partial charge in [0.1, 0.15) is 11.5 Å². The van der Waals surface area contributed by atoms with Crippen molar-refractivity contribution in [3.8, 4) is 0 Å². The van der Waals surface area contributed by atoms with Crippen LogP contribution in [0.25, 0.3) is 6.08 Å². The number of carboxylic acids is 1. The standard InChI is InChI=1S/C16H15NO4/c1-2-13-7-8-14(21-13)9-10-15(18)17-12-5-3-11(4-6-12)16(19)20/h3-10H,2H2,1H3,(H,17,18)(H,19,20). The zero-order chi connectivity index (χ0) is 15.2. The topological polar surface area (TPSA) is 79.5 Å². The predicted octanol–water partition coefficient (Wildman–Crippen LogP) is 3.19. The van der Waals surface area contributed by atoms with Crippen LogP contribution in [0.3, 0.4) is 0 Å². The smallest absolute Gasteiger partial charge is 0.335 e. The molecule has 0 aliphatic carbocycles. The molecule has 0 atom stereocenters. The van der Waals surface area contributed by atoms with Crippen LogP contribution in [-0.2, 0) is 11.2 Å². The Labute approximate surface area is 121 Å². The summed E-state index contributed by atoms with van der Waals surface area (Å²) >= 11 is 0. The SMILES string of the molecule is CCc1ccc(C=CC(=O)Nc2ccc(C(=O)O)cc2)o1. The molecule has 1 heterocycles. The third-order valence-corrected chi connectivity index (χ3v) is 2.83. The summed E-state index contributed by atoms with van der Waals surface area (Å²) in [4.78, 5) is 22.4. The molecular weight excluding hydrogens is 270 g/mol. The van der Waals surface area contributed by atoms with Gasteiger partial charge in [0.25, 0.3) is 0 Å². The van der Waals surface area contributed by atoms with E-state index in [1.165, 1.54) is 30.3 Å². The normalized spacial score (nSPS) is 10.7. The van der Waals surface area contributed by atoms with Crippen LogP contribution in [0.1, 0.15) is 28.8 Å². The number of benzene rings is 1. The summed E-state index contributed by atoms with van der Waals surface area (Å²) in [6.07, 6.45) is 3.75. The van der Waals surface area contributed by atoms with Crippen molar-refractivity contribution in [3.63, 3.8) is 0 Å². The van der Waals surface area contributed by atoms with Gasteiger partial charge in [0.15, 0.2) is 0 Å². The molecule has 0 saturated heterocycles. The lowest BCUT2D eigenvalue weighted by molar-refractivity contribution is -0.111. The quantitative estimate of drug-likeness (QED) is 0.827. The summed E-state index contributed by atoms with van der Waals surface area (Å²) in [5, 5.41) is 11.4. The molecule has 0 unspecified atom stereocenters. The predicted molar refractivity (Wildman–Crippen MR) is 79.2 cm³/mol. The van der Waals surface area contributed by atoms with Gasteiger partial charge in [-0.3, -0.25) is 4.79 Å². The Balaban J connectivity index is 1.96. The van der Waals surface area contributed by atoms with Crippen LogP contribution >= 0.6 is 0 Å². The van der Waals surface area contributed by atoms with Crippen molar-refractivity contribution in [2.45, 2.75) is 13.3 Å². The highest BCUT2D eigenvalue weighted by Gasteiger charge is 2.03. The first-order chi connectivity index (χ1) is 10.1. The zero-order valence-electron chi connectivity index (χ0n) is 11.5. The second-order valence-electron chi connectivity index (χ2n) is 4.36. The van der Waals surface area contributed by atoms with Crippen molar-refractivity contribution in [2.24, 2.45) is 0 Å². The maximum atomic E-state index is 11.7. The first-order valence-electron chi connectivity index (χ1n) is 6.49. The fraction of sp³-hybridized carbons (Fsp3) is 0.125. The van der Waals surface area contributed by atoms with Crippen molar-refractivity contribution < 1.29 is 19.1 Å². The van der Waals surface area contributed by atoms with Crippen LogP contribution in [0.15, 0.2) is 46.9 Å². The van der Waals surface area contributed by atoms with Gasteiger partial charge in [0.2, 0.25) is 5.91 Å². The number of nitrogens with one attached hydrogen (secondary N) is 1. The Hall–Kier alpha value is -2.82. The fourth-order valence-electron chi connectivity index (χ4n) is 1.71. The highest BCUT2D eigenvalue weighted by molar-refractivity contribution is 6.02. The lowest BCUT2D eigenvalue weighted by Gasteiger charge is -2.02. The average Bonchev–Trinajstić information content (AvgIpc) is 2.94. The van der Waals surface area contributed by atoms with Crippen molar-refractivity contribution in [1.82, 2.24) is 0 Å². The van der Waals surface area contributed by atoms with E-state index in [0.29, 0.717) is 11.4 Å². The highest BCUT2D eigenvalue weighted by Crippen LogP contribution is 2.12. The molecule has 2 N–H and O–H groups in total. The third-order valence-electron chi connectivity index (χ3n) is 2.83. The molecule has 0 aliphatic heterocycles. The Morgan fingerprint density at radius 1 is 1.19 bits per heavy atom. The van der Waals surface area contributed by atoms with E-state index in [2.05, 4.69) is 5.32 Å². The molecule has 0 aliphatic rings. The second kappa shape index (κ2) is 6.56. The largest absolute Gasteiger partial charge is 0.478 e. The maximum Gasteiger partial charge on any atom is 0.335 e. The number of carbonyl (C=O) groups excluding carboxylic acids is 1. The lowest BCUT2D eigenvalue weighted by atomic mass is 10.2. The monoisotopic (exact) mass is 285 g/mol. The molecule has 5 heteroatoms. The van der Waals surface area contributed by atoms with Gasteiger partial charge in [0, 0.05) is 18.2 Å². The molecule has 0 saturated carbocycles. The van der Waals surface area contributed by atoms with E-state index in [-0.39, 0.29) is 11.5 Å². The number of rotatable bonds is 5. The van der Waals surface area contributed by atoms with E-state index >= 15 is 0 Å². The Morgan fingerprint density at radius 2 is 1.90 bits per heavy atom. The van der Waals surface area contributed by atoms with Crippen LogP contribution in [0.4, 0.5) is 5.69 Å². The summed E-state index contributed by atoms with van der Waals surface area (Å²) < 4.78 is 5.44. The van der Waals surface area contributed by atoms with E-state index in [4.69, 9.17) is 9.52 Å². The van der Waals surface area contributed by atoms with Crippen molar-refractivity contribution >= 4 is 23.6 Å². The van der Waals surface area contributed by atoms with E-state index in [0.717, 1.165) is 12.2 Å². The van der Waals surface area contributed by atoms with Gasteiger partial charge in [-0.1, -0.05) is 6.92 Å². The van der Waals surface area contributed by atoms with Crippen LogP contribution < -0.4 is 5.32 Å². The molecule has 0 radical (unpaired) electrons. The van der Waals surface area contributed by atoms with E-state index in [1.54, 1.807) is 12.1 Å². The summed E-state index contributed by atoms with van der Waals surface area (Å²) in [6.45, 7) is 1.99. The van der Waals surface area contributed by atoms with E-state index in [1.807, 2.05) is 13.0 Å². The van der Waals surface area contributed by atoms with Crippen LogP contribution in [0.5, 0.6) is 0 Å². The Kier molecular flexibility index (Phi) is 4.56. The number of carboxylic acid groups (broad SMARTS) is 1. The number of aryl methyl sites for hydroxylation is 1.